The van der Waals surface area contributed by atoms with Crippen LogP contribution >= 0.6 is 0 Å². The van der Waals surface area contributed by atoms with Crippen LogP contribution in [0, 0.1) is 0 Å². The standard InChI is InChI=1S/C22H31BN6O4/c1-20(2,3)18-26-15(28-31-18)10-11-24-19(30)27-16-13-29-12-14(8-9-17(29)25-16)23-32-21(4,5)22(6,7)33-23/h8-9,12-13H,10-11H2,1-7H3,(H2,24,27,30). The van der Waals surface area contributed by atoms with Crippen LogP contribution in [0.3, 0.4) is 0 Å². The molecule has 1 saturated heterocycles. The number of fused-ring (bicyclic) bond motifs is 1. The third-order valence-electron chi connectivity index (χ3n) is 5.98. The van der Waals surface area contributed by atoms with Crippen LogP contribution in [-0.2, 0) is 21.1 Å². The van der Waals surface area contributed by atoms with Gasteiger partial charge in [0.2, 0.25) is 5.89 Å². The van der Waals surface area contributed by atoms with E-state index in [1.807, 2.05) is 71.2 Å². The second-order valence-corrected chi connectivity index (χ2v) is 10.3. The molecule has 3 aromatic rings. The molecule has 1 fully saturated rings. The summed E-state index contributed by atoms with van der Waals surface area (Å²) < 4.78 is 19.3. The number of anilines is 1. The summed E-state index contributed by atoms with van der Waals surface area (Å²) in [5.74, 6) is 1.57. The predicted molar refractivity (Wildman–Crippen MR) is 125 cm³/mol. The number of hydrogen-bond donors (Lipinski definition) is 2. The van der Waals surface area contributed by atoms with Gasteiger partial charge >= 0.3 is 13.1 Å². The lowest BCUT2D eigenvalue weighted by atomic mass is 9.80. The highest BCUT2D eigenvalue weighted by Gasteiger charge is 2.51. The molecular formula is C22H31BN6O4. The number of pyridine rings is 1. The van der Waals surface area contributed by atoms with Gasteiger partial charge in [-0.2, -0.15) is 4.98 Å². The van der Waals surface area contributed by atoms with Crippen LogP contribution in [0.4, 0.5) is 10.6 Å². The average Bonchev–Trinajstić information content (AvgIpc) is 3.37. The maximum atomic E-state index is 12.3. The van der Waals surface area contributed by atoms with Crippen LogP contribution in [0.5, 0.6) is 0 Å². The van der Waals surface area contributed by atoms with Crippen molar-refractivity contribution in [2.75, 3.05) is 11.9 Å². The second kappa shape index (κ2) is 8.14. The van der Waals surface area contributed by atoms with Gasteiger partial charge in [-0.15, -0.1) is 0 Å². The van der Waals surface area contributed by atoms with Gasteiger partial charge in [0.15, 0.2) is 11.6 Å². The van der Waals surface area contributed by atoms with Crippen molar-refractivity contribution in [1.82, 2.24) is 24.8 Å². The molecule has 0 bridgehead atoms. The molecule has 4 heterocycles. The van der Waals surface area contributed by atoms with Crippen LogP contribution in [-0.4, -0.2) is 50.4 Å². The molecule has 0 aromatic carbocycles. The summed E-state index contributed by atoms with van der Waals surface area (Å²) in [6.07, 6.45) is 4.12. The number of amides is 2. The van der Waals surface area contributed by atoms with Crippen LogP contribution in [0.1, 0.15) is 60.2 Å². The molecular weight excluding hydrogens is 423 g/mol. The third-order valence-corrected chi connectivity index (χ3v) is 5.98. The van der Waals surface area contributed by atoms with Crippen molar-refractivity contribution >= 4 is 30.1 Å². The Kier molecular flexibility index (Phi) is 5.74. The number of rotatable bonds is 5. The largest absolute Gasteiger partial charge is 0.496 e. The SMILES string of the molecule is CC(C)(C)c1nc(CCNC(=O)Nc2cn3cc(B4OC(C)(C)C(C)(C)O4)ccc3n2)no1. The minimum Gasteiger partial charge on any atom is -0.399 e. The van der Waals surface area contributed by atoms with Gasteiger partial charge in [0.1, 0.15) is 5.65 Å². The molecule has 0 aliphatic carbocycles. The Balaban J connectivity index is 1.34. The molecule has 0 spiro atoms. The number of imidazole rings is 1. The zero-order chi connectivity index (χ0) is 24.0. The molecule has 0 atom stereocenters. The highest BCUT2D eigenvalue weighted by atomic mass is 16.7. The maximum Gasteiger partial charge on any atom is 0.496 e. The fraction of sp³-hybridized carbons (Fsp3) is 0.545. The third kappa shape index (κ3) is 4.89. The number of nitrogens with zero attached hydrogens (tertiary/aromatic N) is 4. The highest BCUT2D eigenvalue weighted by molar-refractivity contribution is 6.62. The predicted octanol–water partition coefficient (Wildman–Crippen LogP) is 2.68. The summed E-state index contributed by atoms with van der Waals surface area (Å²) in [5.41, 5.74) is 0.544. The van der Waals surface area contributed by atoms with Crippen LogP contribution in [0.15, 0.2) is 29.0 Å². The summed E-state index contributed by atoms with van der Waals surface area (Å²) >= 11 is 0. The molecule has 2 N–H and O–H groups in total. The first-order valence-electron chi connectivity index (χ1n) is 11.1. The Hall–Kier alpha value is -2.92. The lowest BCUT2D eigenvalue weighted by Gasteiger charge is -2.32. The van der Waals surface area contributed by atoms with Crippen molar-refractivity contribution in [1.29, 1.82) is 0 Å². The Morgan fingerprint density at radius 1 is 1.09 bits per heavy atom. The van der Waals surface area contributed by atoms with E-state index in [4.69, 9.17) is 13.8 Å². The van der Waals surface area contributed by atoms with Gasteiger partial charge in [-0.05, 0) is 39.2 Å². The van der Waals surface area contributed by atoms with Gasteiger partial charge in [0, 0.05) is 24.6 Å². The number of aromatic nitrogens is 4. The number of hydrogen-bond acceptors (Lipinski definition) is 7. The van der Waals surface area contributed by atoms with Gasteiger partial charge in [-0.1, -0.05) is 32.0 Å². The van der Waals surface area contributed by atoms with Crippen LogP contribution in [0.25, 0.3) is 5.65 Å². The van der Waals surface area contributed by atoms with E-state index in [9.17, 15) is 4.79 Å². The van der Waals surface area contributed by atoms with Crippen molar-refractivity contribution in [2.45, 2.75) is 71.5 Å². The normalized spacial score (nSPS) is 17.5. The van der Waals surface area contributed by atoms with E-state index in [2.05, 4.69) is 25.8 Å². The van der Waals surface area contributed by atoms with E-state index in [1.165, 1.54) is 0 Å². The van der Waals surface area contributed by atoms with E-state index in [-0.39, 0.29) is 11.4 Å². The minimum atomic E-state index is -0.467. The quantitative estimate of drug-likeness (QED) is 0.570. The van der Waals surface area contributed by atoms with Crippen molar-refractivity contribution < 1.29 is 18.6 Å². The Labute approximate surface area is 193 Å². The molecule has 2 amide bonds. The summed E-state index contributed by atoms with van der Waals surface area (Å²) in [7, 11) is -0.467. The average molecular weight is 454 g/mol. The maximum absolute atomic E-state index is 12.3. The molecule has 176 valence electrons. The molecule has 10 nitrogen and oxygen atoms in total. The first-order valence-corrected chi connectivity index (χ1v) is 11.1. The molecule has 4 rings (SSSR count). The van der Waals surface area contributed by atoms with E-state index in [1.54, 1.807) is 6.20 Å². The smallest absolute Gasteiger partial charge is 0.399 e. The number of urea groups is 1. The Morgan fingerprint density at radius 2 is 1.79 bits per heavy atom. The fourth-order valence-corrected chi connectivity index (χ4v) is 3.30. The van der Waals surface area contributed by atoms with E-state index < -0.39 is 18.3 Å². The van der Waals surface area contributed by atoms with Crippen molar-refractivity contribution in [3.8, 4) is 0 Å². The minimum absolute atomic E-state index is 0.207. The molecule has 11 heteroatoms. The number of carbonyl (C=O) groups excluding carboxylic acids is 1. The number of carbonyl (C=O) groups is 1. The highest BCUT2D eigenvalue weighted by Crippen LogP contribution is 2.36. The zero-order valence-corrected chi connectivity index (χ0v) is 20.2. The molecule has 1 aliphatic rings. The Morgan fingerprint density at radius 3 is 2.42 bits per heavy atom. The zero-order valence-electron chi connectivity index (χ0n) is 20.2. The summed E-state index contributed by atoms with van der Waals surface area (Å²) in [6, 6.07) is 3.43. The summed E-state index contributed by atoms with van der Waals surface area (Å²) in [4.78, 5) is 21.1. The molecule has 0 saturated carbocycles. The lowest BCUT2D eigenvalue weighted by molar-refractivity contribution is 0.00578. The fourth-order valence-electron chi connectivity index (χ4n) is 3.30. The summed E-state index contributed by atoms with van der Waals surface area (Å²) in [5, 5.41) is 9.50. The van der Waals surface area contributed by atoms with Gasteiger partial charge < -0.3 is 23.5 Å². The van der Waals surface area contributed by atoms with Gasteiger partial charge in [0.05, 0.1) is 17.4 Å². The Bertz CT molecular complexity index is 1150. The van der Waals surface area contributed by atoms with Gasteiger partial charge in [0.25, 0.3) is 0 Å². The van der Waals surface area contributed by atoms with Crippen molar-refractivity contribution in [2.24, 2.45) is 0 Å². The van der Waals surface area contributed by atoms with E-state index in [0.29, 0.717) is 36.1 Å². The topological polar surface area (TPSA) is 116 Å². The van der Waals surface area contributed by atoms with Crippen LogP contribution < -0.4 is 16.1 Å². The first kappa shape index (κ1) is 23.3. The van der Waals surface area contributed by atoms with Gasteiger partial charge in [-0.25, -0.2) is 9.78 Å². The summed E-state index contributed by atoms with van der Waals surface area (Å²) in [6.45, 7) is 14.5. The molecule has 0 unspecified atom stereocenters. The van der Waals surface area contributed by atoms with E-state index >= 15 is 0 Å². The molecule has 1 aliphatic heterocycles. The van der Waals surface area contributed by atoms with Crippen LogP contribution in [0.2, 0.25) is 0 Å². The number of nitrogens with one attached hydrogen (secondary N) is 2. The first-order chi connectivity index (χ1) is 15.3. The molecule has 33 heavy (non-hydrogen) atoms. The monoisotopic (exact) mass is 454 g/mol. The van der Waals surface area contributed by atoms with Crippen molar-refractivity contribution in [3.63, 3.8) is 0 Å². The van der Waals surface area contributed by atoms with Crippen molar-refractivity contribution in [3.05, 3.63) is 36.2 Å². The van der Waals surface area contributed by atoms with Gasteiger partial charge in [-0.3, -0.25) is 5.32 Å². The lowest BCUT2D eigenvalue weighted by Crippen LogP contribution is -2.41. The van der Waals surface area contributed by atoms with E-state index in [0.717, 1.165) is 5.46 Å². The molecule has 3 aromatic heterocycles. The molecule has 0 radical (unpaired) electrons. The second-order valence-electron chi connectivity index (χ2n) is 10.3.